The highest BCUT2D eigenvalue weighted by Gasteiger charge is 2.19. The standard InChI is InChI=1S/C10H12BrN3/c11-10-8(6-12)7-13-14(10)9-4-2-1-3-5-9/h7,9H,1-5H2. The summed E-state index contributed by atoms with van der Waals surface area (Å²) in [5, 5.41) is 13.1. The third-order valence-corrected chi connectivity index (χ3v) is 3.57. The van der Waals surface area contributed by atoms with Crippen LogP contribution in [0.25, 0.3) is 0 Å². The summed E-state index contributed by atoms with van der Waals surface area (Å²) in [7, 11) is 0. The molecule has 0 spiro atoms. The van der Waals surface area contributed by atoms with Crippen LogP contribution in [0.5, 0.6) is 0 Å². The molecule has 0 amide bonds. The van der Waals surface area contributed by atoms with Crippen molar-refractivity contribution < 1.29 is 0 Å². The van der Waals surface area contributed by atoms with E-state index in [4.69, 9.17) is 5.26 Å². The largest absolute Gasteiger partial charge is 0.254 e. The predicted octanol–water partition coefficient (Wildman–Crippen LogP) is 3.02. The second kappa shape index (κ2) is 4.14. The van der Waals surface area contributed by atoms with Crippen molar-refractivity contribution in [3.05, 3.63) is 16.4 Å². The molecule has 1 fully saturated rings. The predicted molar refractivity (Wildman–Crippen MR) is 56.8 cm³/mol. The Morgan fingerprint density at radius 2 is 2.14 bits per heavy atom. The Labute approximate surface area is 91.8 Å². The molecule has 0 N–H and O–H groups in total. The van der Waals surface area contributed by atoms with Gasteiger partial charge >= 0.3 is 0 Å². The number of hydrogen-bond acceptors (Lipinski definition) is 2. The summed E-state index contributed by atoms with van der Waals surface area (Å²) in [4.78, 5) is 0. The van der Waals surface area contributed by atoms with E-state index >= 15 is 0 Å². The Balaban J connectivity index is 2.23. The van der Waals surface area contributed by atoms with E-state index in [0.29, 0.717) is 11.6 Å². The Morgan fingerprint density at radius 3 is 2.71 bits per heavy atom. The highest BCUT2D eigenvalue weighted by molar-refractivity contribution is 9.10. The van der Waals surface area contributed by atoms with E-state index < -0.39 is 0 Å². The molecule has 1 aliphatic carbocycles. The van der Waals surface area contributed by atoms with E-state index in [9.17, 15) is 0 Å². The molecule has 14 heavy (non-hydrogen) atoms. The van der Waals surface area contributed by atoms with Gasteiger partial charge in [-0.2, -0.15) is 10.4 Å². The minimum Gasteiger partial charge on any atom is -0.254 e. The molecule has 2 rings (SSSR count). The van der Waals surface area contributed by atoms with Crippen LogP contribution in [0.15, 0.2) is 10.8 Å². The lowest BCUT2D eigenvalue weighted by Crippen LogP contribution is -2.14. The van der Waals surface area contributed by atoms with Gasteiger partial charge in [-0.25, -0.2) is 0 Å². The summed E-state index contributed by atoms with van der Waals surface area (Å²) in [6, 6.07) is 2.61. The average Bonchev–Trinajstić information content (AvgIpc) is 2.61. The molecule has 4 heteroatoms. The van der Waals surface area contributed by atoms with Crippen LogP contribution < -0.4 is 0 Å². The van der Waals surface area contributed by atoms with Gasteiger partial charge < -0.3 is 0 Å². The number of nitriles is 1. The number of nitrogens with zero attached hydrogens (tertiary/aromatic N) is 3. The lowest BCUT2D eigenvalue weighted by Gasteiger charge is -2.22. The van der Waals surface area contributed by atoms with E-state index in [1.165, 1.54) is 32.1 Å². The molecular weight excluding hydrogens is 242 g/mol. The Hall–Kier alpha value is -0.820. The first-order chi connectivity index (χ1) is 6.83. The molecule has 1 heterocycles. The summed E-state index contributed by atoms with van der Waals surface area (Å²) < 4.78 is 2.80. The van der Waals surface area contributed by atoms with Crippen molar-refractivity contribution in [3.8, 4) is 6.07 Å². The fourth-order valence-corrected chi connectivity index (χ4v) is 2.57. The molecule has 1 aliphatic rings. The number of rotatable bonds is 1. The molecule has 0 unspecified atom stereocenters. The van der Waals surface area contributed by atoms with Crippen LogP contribution in [-0.2, 0) is 0 Å². The van der Waals surface area contributed by atoms with Crippen LogP contribution in [0, 0.1) is 11.3 Å². The zero-order valence-electron chi connectivity index (χ0n) is 7.91. The second-order valence-corrected chi connectivity index (χ2v) is 4.45. The highest BCUT2D eigenvalue weighted by atomic mass is 79.9. The van der Waals surface area contributed by atoms with Gasteiger partial charge in [0.1, 0.15) is 16.2 Å². The van der Waals surface area contributed by atoms with Gasteiger partial charge in [-0.3, -0.25) is 4.68 Å². The van der Waals surface area contributed by atoms with Gasteiger partial charge in [0.15, 0.2) is 0 Å². The monoisotopic (exact) mass is 253 g/mol. The first-order valence-electron chi connectivity index (χ1n) is 4.96. The molecule has 74 valence electrons. The molecule has 0 bridgehead atoms. The molecule has 0 radical (unpaired) electrons. The number of halogens is 1. The van der Waals surface area contributed by atoms with E-state index in [0.717, 1.165) is 4.60 Å². The van der Waals surface area contributed by atoms with Crippen molar-refractivity contribution in [2.45, 2.75) is 38.1 Å². The molecular formula is C10H12BrN3. The first-order valence-corrected chi connectivity index (χ1v) is 5.75. The molecule has 1 aromatic heterocycles. The fourth-order valence-electron chi connectivity index (χ4n) is 2.00. The molecule has 0 atom stereocenters. The zero-order valence-corrected chi connectivity index (χ0v) is 9.50. The number of aromatic nitrogens is 2. The van der Waals surface area contributed by atoms with Crippen molar-refractivity contribution in [2.24, 2.45) is 0 Å². The summed E-state index contributed by atoms with van der Waals surface area (Å²) >= 11 is 3.42. The molecule has 3 nitrogen and oxygen atoms in total. The van der Waals surface area contributed by atoms with Crippen molar-refractivity contribution in [2.75, 3.05) is 0 Å². The Bertz CT molecular complexity index is 358. The van der Waals surface area contributed by atoms with Crippen molar-refractivity contribution >= 4 is 15.9 Å². The van der Waals surface area contributed by atoms with E-state index in [1.54, 1.807) is 6.20 Å². The molecule has 0 aromatic carbocycles. The van der Waals surface area contributed by atoms with Gasteiger partial charge in [0.2, 0.25) is 0 Å². The van der Waals surface area contributed by atoms with Crippen LogP contribution in [0.3, 0.4) is 0 Å². The number of hydrogen-bond donors (Lipinski definition) is 0. The van der Waals surface area contributed by atoms with Gasteiger partial charge in [-0.05, 0) is 28.8 Å². The van der Waals surface area contributed by atoms with Crippen LogP contribution in [0.4, 0.5) is 0 Å². The zero-order chi connectivity index (χ0) is 9.97. The van der Waals surface area contributed by atoms with Gasteiger partial charge in [-0.1, -0.05) is 19.3 Å². The van der Waals surface area contributed by atoms with Gasteiger partial charge in [0.05, 0.1) is 12.2 Å². The third kappa shape index (κ3) is 1.69. The summed E-state index contributed by atoms with van der Waals surface area (Å²) in [6.45, 7) is 0. The van der Waals surface area contributed by atoms with Crippen LogP contribution >= 0.6 is 15.9 Å². The highest BCUT2D eigenvalue weighted by Crippen LogP contribution is 2.31. The van der Waals surface area contributed by atoms with E-state index in [2.05, 4.69) is 27.1 Å². The Kier molecular flexibility index (Phi) is 2.87. The third-order valence-electron chi connectivity index (χ3n) is 2.78. The quantitative estimate of drug-likeness (QED) is 0.772. The van der Waals surface area contributed by atoms with Crippen molar-refractivity contribution in [3.63, 3.8) is 0 Å². The summed E-state index contributed by atoms with van der Waals surface area (Å²) in [5.41, 5.74) is 0.635. The lowest BCUT2D eigenvalue weighted by atomic mass is 9.96. The van der Waals surface area contributed by atoms with E-state index in [-0.39, 0.29) is 0 Å². The molecule has 1 saturated carbocycles. The molecule has 0 aliphatic heterocycles. The van der Waals surface area contributed by atoms with Crippen molar-refractivity contribution in [1.29, 1.82) is 5.26 Å². The SMILES string of the molecule is N#Cc1cnn(C2CCCCC2)c1Br. The second-order valence-electron chi connectivity index (χ2n) is 3.70. The Morgan fingerprint density at radius 1 is 1.43 bits per heavy atom. The average molecular weight is 254 g/mol. The van der Waals surface area contributed by atoms with Crippen LogP contribution in [-0.4, -0.2) is 9.78 Å². The first kappa shape index (κ1) is 9.72. The smallest absolute Gasteiger partial charge is 0.122 e. The lowest BCUT2D eigenvalue weighted by molar-refractivity contribution is 0.325. The minimum absolute atomic E-state index is 0.486. The maximum absolute atomic E-state index is 8.80. The topological polar surface area (TPSA) is 41.6 Å². The van der Waals surface area contributed by atoms with Crippen molar-refractivity contribution in [1.82, 2.24) is 9.78 Å². The summed E-state index contributed by atoms with van der Waals surface area (Å²) in [6.07, 6.45) is 7.90. The summed E-state index contributed by atoms with van der Waals surface area (Å²) in [5.74, 6) is 0. The van der Waals surface area contributed by atoms with Gasteiger partial charge in [0, 0.05) is 0 Å². The van der Waals surface area contributed by atoms with Crippen LogP contribution in [0.1, 0.15) is 43.7 Å². The minimum atomic E-state index is 0.486. The van der Waals surface area contributed by atoms with Crippen LogP contribution in [0.2, 0.25) is 0 Å². The maximum Gasteiger partial charge on any atom is 0.122 e. The normalized spacial score (nSPS) is 18.0. The molecule has 1 aromatic rings. The van der Waals surface area contributed by atoms with Gasteiger partial charge in [-0.15, -0.1) is 0 Å². The fraction of sp³-hybridized carbons (Fsp3) is 0.600. The molecule has 0 saturated heterocycles. The maximum atomic E-state index is 8.80. The van der Waals surface area contributed by atoms with E-state index in [1.807, 2.05) is 4.68 Å². The van der Waals surface area contributed by atoms with Gasteiger partial charge in [0.25, 0.3) is 0 Å².